The van der Waals surface area contributed by atoms with Crippen molar-refractivity contribution in [1.29, 1.82) is 0 Å². The molecule has 0 heterocycles. The van der Waals surface area contributed by atoms with Gasteiger partial charge in [0, 0.05) is 18.8 Å². The molecule has 0 spiro atoms. The van der Waals surface area contributed by atoms with Crippen LogP contribution in [-0.2, 0) is 6.54 Å². The van der Waals surface area contributed by atoms with E-state index >= 15 is 0 Å². The highest BCUT2D eigenvalue weighted by Gasteiger charge is 2.13. The molecule has 2 rings (SSSR count). The summed E-state index contributed by atoms with van der Waals surface area (Å²) < 4.78 is 5.28. The van der Waals surface area contributed by atoms with Gasteiger partial charge in [-0.1, -0.05) is 38.1 Å². The SMILES string of the molecule is COc1ccc(N(Cc2ccc(C(C)C)cc2)C(=S)NCCN(C)C)cc1. The van der Waals surface area contributed by atoms with Gasteiger partial charge in [0.15, 0.2) is 5.11 Å². The number of nitrogens with one attached hydrogen (secondary N) is 1. The third-order valence-electron chi connectivity index (χ3n) is 4.45. The number of hydrogen-bond acceptors (Lipinski definition) is 3. The van der Waals surface area contributed by atoms with E-state index in [2.05, 4.69) is 67.3 Å². The summed E-state index contributed by atoms with van der Waals surface area (Å²) in [7, 11) is 5.79. The molecule has 0 radical (unpaired) electrons. The summed E-state index contributed by atoms with van der Waals surface area (Å²) in [5.74, 6) is 1.37. The minimum Gasteiger partial charge on any atom is -0.497 e. The second-order valence-electron chi connectivity index (χ2n) is 7.22. The van der Waals surface area contributed by atoms with E-state index in [1.54, 1.807) is 7.11 Å². The average Bonchev–Trinajstić information content (AvgIpc) is 2.66. The van der Waals surface area contributed by atoms with E-state index in [9.17, 15) is 0 Å². The normalized spacial score (nSPS) is 10.9. The molecule has 0 amide bonds. The highest BCUT2D eigenvalue weighted by molar-refractivity contribution is 7.80. The zero-order chi connectivity index (χ0) is 19.8. The quantitative estimate of drug-likeness (QED) is 0.686. The standard InChI is InChI=1S/C22H31N3OS/c1-17(2)19-8-6-18(7-9-19)16-25(22(27)23-14-15-24(3)4)20-10-12-21(26-5)13-11-20/h6-13,17H,14-16H2,1-5H3,(H,23,27). The summed E-state index contributed by atoms with van der Waals surface area (Å²) in [6, 6.07) is 16.8. The summed E-state index contributed by atoms with van der Waals surface area (Å²) >= 11 is 5.70. The molecule has 27 heavy (non-hydrogen) atoms. The maximum Gasteiger partial charge on any atom is 0.173 e. The zero-order valence-electron chi connectivity index (χ0n) is 17.0. The van der Waals surface area contributed by atoms with Crippen molar-refractivity contribution in [2.45, 2.75) is 26.3 Å². The fourth-order valence-electron chi connectivity index (χ4n) is 2.71. The molecular formula is C22H31N3OS. The number of thiocarbonyl (C=S) groups is 1. The molecule has 146 valence electrons. The Balaban J connectivity index is 2.18. The molecule has 0 saturated carbocycles. The molecular weight excluding hydrogens is 354 g/mol. The van der Waals surface area contributed by atoms with E-state index in [0.717, 1.165) is 36.2 Å². The van der Waals surface area contributed by atoms with Gasteiger partial charge in [-0.2, -0.15) is 0 Å². The van der Waals surface area contributed by atoms with Crippen LogP contribution in [0.1, 0.15) is 30.9 Å². The van der Waals surface area contributed by atoms with Crippen LogP contribution in [0.2, 0.25) is 0 Å². The molecule has 0 aromatic heterocycles. The Kier molecular flexibility index (Phi) is 8.07. The lowest BCUT2D eigenvalue weighted by atomic mass is 10.0. The van der Waals surface area contributed by atoms with Gasteiger partial charge >= 0.3 is 0 Å². The van der Waals surface area contributed by atoms with Crippen LogP contribution < -0.4 is 15.0 Å². The predicted octanol–water partition coefficient (Wildman–Crippen LogP) is 4.26. The summed E-state index contributed by atoms with van der Waals surface area (Å²) in [6.07, 6.45) is 0. The summed E-state index contributed by atoms with van der Waals surface area (Å²) in [6.45, 7) is 6.88. The van der Waals surface area contributed by atoms with Crippen LogP contribution in [0.5, 0.6) is 5.75 Å². The third kappa shape index (κ3) is 6.52. The largest absolute Gasteiger partial charge is 0.497 e. The molecule has 0 aliphatic carbocycles. The highest BCUT2D eigenvalue weighted by Crippen LogP contribution is 2.22. The second-order valence-corrected chi connectivity index (χ2v) is 7.60. The molecule has 4 nitrogen and oxygen atoms in total. The first-order chi connectivity index (χ1) is 12.9. The van der Waals surface area contributed by atoms with Gasteiger partial charge in [0.1, 0.15) is 5.75 Å². The number of rotatable bonds is 8. The van der Waals surface area contributed by atoms with E-state index < -0.39 is 0 Å². The Hall–Kier alpha value is -2.11. The van der Waals surface area contributed by atoms with Crippen molar-refractivity contribution in [1.82, 2.24) is 10.2 Å². The van der Waals surface area contributed by atoms with Crippen LogP contribution in [0.3, 0.4) is 0 Å². The molecule has 5 heteroatoms. The van der Waals surface area contributed by atoms with Gasteiger partial charge in [-0.15, -0.1) is 0 Å². The Morgan fingerprint density at radius 1 is 1.04 bits per heavy atom. The number of anilines is 1. The maximum atomic E-state index is 5.70. The van der Waals surface area contributed by atoms with Crippen molar-refractivity contribution < 1.29 is 4.74 Å². The van der Waals surface area contributed by atoms with Crippen molar-refractivity contribution in [2.75, 3.05) is 39.2 Å². The van der Waals surface area contributed by atoms with E-state index in [1.165, 1.54) is 11.1 Å². The molecule has 0 aliphatic heterocycles. The topological polar surface area (TPSA) is 27.7 Å². The lowest BCUT2D eigenvalue weighted by Gasteiger charge is -2.27. The Labute approximate surface area is 169 Å². The number of ether oxygens (including phenoxy) is 1. The molecule has 2 aromatic carbocycles. The van der Waals surface area contributed by atoms with Crippen LogP contribution in [0, 0.1) is 0 Å². The van der Waals surface area contributed by atoms with Gasteiger partial charge in [-0.05, 0) is 67.6 Å². The van der Waals surface area contributed by atoms with Crippen molar-refractivity contribution in [3.8, 4) is 5.75 Å². The van der Waals surface area contributed by atoms with Crippen molar-refractivity contribution >= 4 is 23.0 Å². The molecule has 0 unspecified atom stereocenters. The van der Waals surface area contributed by atoms with Crippen LogP contribution >= 0.6 is 12.2 Å². The summed E-state index contributed by atoms with van der Waals surface area (Å²) in [5.41, 5.74) is 3.62. The van der Waals surface area contributed by atoms with Crippen molar-refractivity contribution in [3.05, 3.63) is 59.7 Å². The minimum absolute atomic E-state index is 0.533. The van der Waals surface area contributed by atoms with Crippen LogP contribution in [0.4, 0.5) is 5.69 Å². The lowest BCUT2D eigenvalue weighted by molar-refractivity contribution is 0.412. The van der Waals surface area contributed by atoms with E-state index in [-0.39, 0.29) is 0 Å². The van der Waals surface area contributed by atoms with Crippen molar-refractivity contribution in [2.24, 2.45) is 0 Å². The molecule has 2 aromatic rings. The van der Waals surface area contributed by atoms with Gasteiger partial charge in [-0.25, -0.2) is 0 Å². The van der Waals surface area contributed by atoms with Gasteiger partial charge in [0.2, 0.25) is 0 Å². The average molecular weight is 386 g/mol. The summed E-state index contributed by atoms with van der Waals surface area (Å²) in [5, 5.41) is 4.11. The maximum absolute atomic E-state index is 5.70. The number of hydrogen-bond donors (Lipinski definition) is 1. The minimum atomic E-state index is 0.533. The Morgan fingerprint density at radius 3 is 2.19 bits per heavy atom. The van der Waals surface area contributed by atoms with Gasteiger partial charge in [0.05, 0.1) is 13.7 Å². The molecule has 0 atom stereocenters. The fraction of sp³-hybridized carbons (Fsp3) is 0.409. The van der Waals surface area contributed by atoms with Gasteiger partial charge < -0.3 is 19.9 Å². The zero-order valence-corrected chi connectivity index (χ0v) is 17.8. The lowest BCUT2D eigenvalue weighted by Crippen LogP contribution is -2.42. The third-order valence-corrected chi connectivity index (χ3v) is 4.82. The molecule has 0 aliphatic rings. The van der Waals surface area contributed by atoms with Crippen LogP contribution in [-0.4, -0.2) is 44.3 Å². The monoisotopic (exact) mass is 385 g/mol. The van der Waals surface area contributed by atoms with Gasteiger partial charge in [0.25, 0.3) is 0 Å². The number of benzene rings is 2. The predicted molar refractivity (Wildman–Crippen MR) is 119 cm³/mol. The fourth-order valence-corrected chi connectivity index (χ4v) is 2.99. The number of methoxy groups -OCH3 is 1. The first-order valence-corrected chi connectivity index (χ1v) is 9.74. The smallest absolute Gasteiger partial charge is 0.173 e. The summed E-state index contributed by atoms with van der Waals surface area (Å²) in [4.78, 5) is 4.27. The van der Waals surface area contributed by atoms with Crippen LogP contribution in [0.15, 0.2) is 48.5 Å². The highest BCUT2D eigenvalue weighted by atomic mass is 32.1. The Morgan fingerprint density at radius 2 is 1.67 bits per heavy atom. The van der Waals surface area contributed by atoms with E-state index in [4.69, 9.17) is 17.0 Å². The molecule has 0 saturated heterocycles. The number of likely N-dealkylation sites (N-methyl/N-ethyl adjacent to an activating group) is 1. The van der Waals surface area contributed by atoms with Crippen molar-refractivity contribution in [3.63, 3.8) is 0 Å². The first-order valence-electron chi connectivity index (χ1n) is 9.33. The van der Waals surface area contributed by atoms with Gasteiger partial charge in [-0.3, -0.25) is 0 Å². The molecule has 0 bridgehead atoms. The number of nitrogens with zero attached hydrogens (tertiary/aromatic N) is 2. The Bertz CT molecular complexity index is 711. The molecule has 0 fully saturated rings. The first kappa shape index (κ1) is 21.2. The molecule has 1 N–H and O–H groups in total. The second kappa shape index (κ2) is 10.3. The van der Waals surface area contributed by atoms with E-state index in [0.29, 0.717) is 5.92 Å². The van der Waals surface area contributed by atoms with Crippen LogP contribution in [0.25, 0.3) is 0 Å². The van der Waals surface area contributed by atoms with E-state index in [1.807, 2.05) is 24.3 Å².